The molecule has 1 aromatic rings. The van der Waals surface area contributed by atoms with Crippen LogP contribution in [0.5, 0.6) is 0 Å². The number of para-hydroxylation sites is 1. The van der Waals surface area contributed by atoms with E-state index >= 15 is 0 Å². The van der Waals surface area contributed by atoms with Crippen molar-refractivity contribution in [3.63, 3.8) is 0 Å². The number of hydrogen-bond donors (Lipinski definition) is 1. The average molecular weight is 232 g/mol. The zero-order chi connectivity index (χ0) is 12.3. The first-order valence-electron chi connectivity index (χ1n) is 6.28. The van der Waals surface area contributed by atoms with Gasteiger partial charge in [-0.15, -0.1) is 0 Å². The molecule has 3 nitrogen and oxygen atoms in total. The second-order valence-electron chi connectivity index (χ2n) is 4.67. The van der Waals surface area contributed by atoms with Gasteiger partial charge in [-0.3, -0.25) is 4.79 Å². The Kier molecular flexibility index (Phi) is 3.48. The molecule has 1 aliphatic heterocycles. The number of amides is 1. The van der Waals surface area contributed by atoms with Crippen molar-refractivity contribution < 1.29 is 4.79 Å². The summed E-state index contributed by atoms with van der Waals surface area (Å²) in [6, 6.07) is 9.82. The number of likely N-dealkylation sites (N-methyl/N-ethyl adjacent to an activating group) is 1. The van der Waals surface area contributed by atoms with Crippen LogP contribution in [-0.2, 0) is 4.79 Å². The molecule has 1 fully saturated rings. The third-order valence-corrected chi connectivity index (χ3v) is 3.70. The summed E-state index contributed by atoms with van der Waals surface area (Å²) in [5.41, 5.74) is 0.615. The summed E-state index contributed by atoms with van der Waals surface area (Å²) >= 11 is 0. The lowest BCUT2D eigenvalue weighted by Crippen LogP contribution is -2.53. The van der Waals surface area contributed by atoms with Crippen LogP contribution in [0.3, 0.4) is 0 Å². The summed E-state index contributed by atoms with van der Waals surface area (Å²) in [5.74, 6) is 0.184. The minimum Gasteiger partial charge on any atom is -0.314 e. The average Bonchev–Trinajstić information content (AvgIpc) is 2.88. The van der Waals surface area contributed by atoms with Crippen LogP contribution in [0.1, 0.15) is 26.2 Å². The maximum atomic E-state index is 12.6. The molecule has 1 amide bonds. The molecule has 0 aliphatic carbocycles. The van der Waals surface area contributed by atoms with Crippen LogP contribution < -0.4 is 10.2 Å². The molecule has 3 heteroatoms. The Labute approximate surface area is 103 Å². The molecule has 1 atom stereocenters. The fourth-order valence-electron chi connectivity index (χ4n) is 2.53. The lowest BCUT2D eigenvalue weighted by atomic mass is 9.92. The standard InChI is InChI=1S/C14H20N2O/c1-3-14(10-7-11-15-14)13(17)16(2)12-8-5-4-6-9-12/h4-6,8-9,15H,3,7,10-11H2,1-2H3. The fraction of sp³-hybridized carbons (Fsp3) is 0.500. The molecule has 1 heterocycles. The van der Waals surface area contributed by atoms with E-state index in [9.17, 15) is 4.79 Å². The van der Waals surface area contributed by atoms with E-state index < -0.39 is 0 Å². The second kappa shape index (κ2) is 4.88. The van der Waals surface area contributed by atoms with Crippen LogP contribution in [0.25, 0.3) is 0 Å². The molecular formula is C14H20N2O. The first kappa shape index (κ1) is 12.1. The number of nitrogens with one attached hydrogen (secondary N) is 1. The van der Waals surface area contributed by atoms with Gasteiger partial charge in [0.05, 0.1) is 5.54 Å². The van der Waals surface area contributed by atoms with Crippen LogP contribution in [0, 0.1) is 0 Å². The van der Waals surface area contributed by atoms with Crippen molar-refractivity contribution in [2.45, 2.75) is 31.7 Å². The summed E-state index contributed by atoms with van der Waals surface area (Å²) < 4.78 is 0. The Morgan fingerprint density at radius 3 is 2.65 bits per heavy atom. The zero-order valence-corrected chi connectivity index (χ0v) is 10.6. The fourth-order valence-corrected chi connectivity index (χ4v) is 2.53. The van der Waals surface area contributed by atoms with Gasteiger partial charge in [0.1, 0.15) is 0 Å². The van der Waals surface area contributed by atoms with E-state index in [1.165, 1.54) is 0 Å². The largest absolute Gasteiger partial charge is 0.314 e. The summed E-state index contributed by atoms with van der Waals surface area (Å²) in [5, 5.41) is 3.38. The van der Waals surface area contributed by atoms with Gasteiger partial charge in [-0.25, -0.2) is 0 Å². The van der Waals surface area contributed by atoms with Crippen molar-refractivity contribution in [2.75, 3.05) is 18.5 Å². The predicted octanol–water partition coefficient (Wildman–Crippen LogP) is 2.18. The van der Waals surface area contributed by atoms with Gasteiger partial charge in [0.15, 0.2) is 0 Å². The molecular weight excluding hydrogens is 212 g/mol. The molecule has 0 spiro atoms. The molecule has 1 unspecified atom stereocenters. The van der Waals surface area contributed by atoms with Gasteiger partial charge in [0.2, 0.25) is 5.91 Å². The second-order valence-corrected chi connectivity index (χ2v) is 4.67. The van der Waals surface area contributed by atoms with Crippen molar-refractivity contribution in [3.05, 3.63) is 30.3 Å². The van der Waals surface area contributed by atoms with Gasteiger partial charge in [-0.2, -0.15) is 0 Å². The number of hydrogen-bond acceptors (Lipinski definition) is 2. The Morgan fingerprint density at radius 2 is 2.12 bits per heavy atom. The van der Waals surface area contributed by atoms with Crippen LogP contribution in [0.2, 0.25) is 0 Å². The van der Waals surface area contributed by atoms with E-state index in [2.05, 4.69) is 12.2 Å². The maximum Gasteiger partial charge on any atom is 0.247 e. The highest BCUT2D eigenvalue weighted by Gasteiger charge is 2.41. The molecule has 0 bridgehead atoms. The minimum atomic E-state index is -0.343. The Morgan fingerprint density at radius 1 is 1.41 bits per heavy atom. The minimum absolute atomic E-state index is 0.184. The lowest BCUT2D eigenvalue weighted by molar-refractivity contribution is -0.124. The number of carbonyl (C=O) groups is 1. The van der Waals surface area contributed by atoms with Crippen LogP contribution in [0.4, 0.5) is 5.69 Å². The number of nitrogens with zero attached hydrogens (tertiary/aromatic N) is 1. The molecule has 2 rings (SSSR count). The molecule has 17 heavy (non-hydrogen) atoms. The van der Waals surface area contributed by atoms with Crippen molar-refractivity contribution in [1.29, 1.82) is 0 Å². The van der Waals surface area contributed by atoms with E-state index in [4.69, 9.17) is 0 Å². The summed E-state index contributed by atoms with van der Waals surface area (Å²) in [4.78, 5) is 14.3. The zero-order valence-electron chi connectivity index (χ0n) is 10.6. The van der Waals surface area contributed by atoms with E-state index in [-0.39, 0.29) is 11.4 Å². The van der Waals surface area contributed by atoms with Crippen LogP contribution in [0.15, 0.2) is 30.3 Å². The number of rotatable bonds is 3. The topological polar surface area (TPSA) is 32.3 Å². The van der Waals surface area contributed by atoms with Crippen molar-refractivity contribution in [1.82, 2.24) is 5.32 Å². The molecule has 0 aromatic heterocycles. The Bertz CT molecular complexity index is 382. The van der Waals surface area contributed by atoms with Gasteiger partial charge >= 0.3 is 0 Å². The highest BCUT2D eigenvalue weighted by molar-refractivity contribution is 6.00. The predicted molar refractivity (Wildman–Crippen MR) is 70.1 cm³/mol. The normalized spacial score (nSPS) is 23.6. The molecule has 1 saturated heterocycles. The summed E-state index contributed by atoms with van der Waals surface area (Å²) in [6.07, 6.45) is 2.88. The molecule has 1 aliphatic rings. The van der Waals surface area contributed by atoms with Crippen molar-refractivity contribution in [3.8, 4) is 0 Å². The third-order valence-electron chi connectivity index (χ3n) is 3.70. The molecule has 1 N–H and O–H groups in total. The summed E-state index contributed by atoms with van der Waals surface area (Å²) in [7, 11) is 1.86. The highest BCUT2D eigenvalue weighted by Crippen LogP contribution is 2.27. The molecule has 0 saturated carbocycles. The van der Waals surface area contributed by atoms with Gasteiger partial charge in [0.25, 0.3) is 0 Å². The summed E-state index contributed by atoms with van der Waals surface area (Å²) in [6.45, 7) is 3.03. The number of anilines is 1. The molecule has 0 radical (unpaired) electrons. The number of carbonyl (C=O) groups excluding carboxylic acids is 1. The third kappa shape index (κ3) is 2.20. The number of benzene rings is 1. The SMILES string of the molecule is CCC1(C(=O)N(C)c2ccccc2)CCCN1. The van der Waals surface area contributed by atoms with Gasteiger partial charge < -0.3 is 10.2 Å². The maximum absolute atomic E-state index is 12.6. The monoisotopic (exact) mass is 232 g/mol. The van der Waals surface area contributed by atoms with Crippen LogP contribution >= 0.6 is 0 Å². The van der Waals surface area contributed by atoms with Crippen molar-refractivity contribution >= 4 is 11.6 Å². The first-order chi connectivity index (χ1) is 8.19. The Balaban J connectivity index is 2.19. The van der Waals surface area contributed by atoms with Gasteiger partial charge in [-0.05, 0) is 37.9 Å². The highest BCUT2D eigenvalue weighted by atomic mass is 16.2. The lowest BCUT2D eigenvalue weighted by Gasteiger charge is -2.31. The molecule has 1 aromatic carbocycles. The van der Waals surface area contributed by atoms with Crippen LogP contribution in [-0.4, -0.2) is 25.0 Å². The van der Waals surface area contributed by atoms with E-state index in [1.807, 2.05) is 37.4 Å². The van der Waals surface area contributed by atoms with Gasteiger partial charge in [0, 0.05) is 12.7 Å². The quantitative estimate of drug-likeness (QED) is 0.866. The van der Waals surface area contributed by atoms with E-state index in [1.54, 1.807) is 4.90 Å². The van der Waals surface area contributed by atoms with E-state index in [0.29, 0.717) is 0 Å². The van der Waals surface area contributed by atoms with Gasteiger partial charge in [-0.1, -0.05) is 25.1 Å². The smallest absolute Gasteiger partial charge is 0.247 e. The van der Waals surface area contributed by atoms with E-state index in [0.717, 1.165) is 31.5 Å². The first-order valence-corrected chi connectivity index (χ1v) is 6.28. The Hall–Kier alpha value is -1.35. The van der Waals surface area contributed by atoms with Crippen molar-refractivity contribution in [2.24, 2.45) is 0 Å². The molecule has 92 valence electrons.